The summed E-state index contributed by atoms with van der Waals surface area (Å²) in [4.78, 5) is 4.36. The first-order chi connectivity index (χ1) is 8.26. The van der Waals surface area contributed by atoms with Gasteiger partial charge in [-0.05, 0) is 6.42 Å². The van der Waals surface area contributed by atoms with Crippen LogP contribution in [0.3, 0.4) is 0 Å². The molecule has 5 heteroatoms. The average Bonchev–Trinajstić information content (AvgIpc) is 2.37. The maximum atomic E-state index is 9.16. The molecular weight excluding hydrogens is 214 g/mol. The quantitative estimate of drug-likeness (QED) is 0.657. The van der Waals surface area contributed by atoms with Gasteiger partial charge in [-0.2, -0.15) is 5.26 Å². The van der Waals surface area contributed by atoms with Gasteiger partial charge in [-0.3, -0.25) is 0 Å². The Labute approximate surface area is 102 Å². The zero-order chi connectivity index (χ0) is 12.7. The predicted octanol–water partition coefficient (Wildman–Crippen LogP) is 2.25. The highest BCUT2D eigenvalue weighted by atomic mass is 15.1. The molecule has 1 rings (SSSR count). The van der Waals surface area contributed by atoms with E-state index in [1.165, 1.54) is 0 Å². The molecule has 0 atom stereocenters. The molecule has 1 aromatic rings. The Morgan fingerprint density at radius 1 is 1.35 bits per heavy atom. The van der Waals surface area contributed by atoms with Crippen LogP contribution in [0.4, 0.5) is 17.3 Å². The minimum atomic E-state index is 0.558. The highest BCUT2D eigenvalue weighted by molar-refractivity contribution is 5.71. The van der Waals surface area contributed by atoms with Crippen LogP contribution in [-0.2, 0) is 0 Å². The molecular formula is C12H19N5. The van der Waals surface area contributed by atoms with Crippen LogP contribution in [-0.4, -0.2) is 25.6 Å². The van der Waals surface area contributed by atoms with E-state index >= 15 is 0 Å². The molecule has 0 radical (unpaired) electrons. The molecule has 0 amide bonds. The molecule has 3 N–H and O–H groups in total. The molecule has 0 saturated carbocycles. The number of hydrogen-bond donors (Lipinski definition) is 3. The molecule has 0 aliphatic heterocycles. The van der Waals surface area contributed by atoms with Crippen LogP contribution in [0.5, 0.6) is 0 Å². The van der Waals surface area contributed by atoms with Crippen molar-refractivity contribution in [2.75, 3.05) is 36.6 Å². The lowest BCUT2D eigenvalue weighted by Crippen LogP contribution is -2.08. The largest absolute Gasteiger partial charge is 0.387 e. The van der Waals surface area contributed by atoms with Crippen molar-refractivity contribution in [3.05, 3.63) is 11.6 Å². The van der Waals surface area contributed by atoms with E-state index < -0.39 is 0 Å². The van der Waals surface area contributed by atoms with Crippen molar-refractivity contribution in [1.82, 2.24) is 4.98 Å². The Morgan fingerprint density at radius 3 is 2.65 bits per heavy atom. The number of anilines is 3. The summed E-state index contributed by atoms with van der Waals surface area (Å²) >= 11 is 0. The second-order valence-corrected chi connectivity index (χ2v) is 3.67. The maximum Gasteiger partial charge on any atom is 0.148 e. The molecule has 17 heavy (non-hydrogen) atoms. The van der Waals surface area contributed by atoms with Gasteiger partial charge in [0.05, 0.1) is 5.69 Å². The number of nitrogens with one attached hydrogen (secondary N) is 3. The van der Waals surface area contributed by atoms with Gasteiger partial charge in [0, 0.05) is 26.7 Å². The van der Waals surface area contributed by atoms with Crippen LogP contribution in [0.15, 0.2) is 6.07 Å². The summed E-state index contributed by atoms with van der Waals surface area (Å²) in [6.45, 7) is 2.96. The zero-order valence-electron chi connectivity index (χ0n) is 10.6. The first-order valence-electron chi connectivity index (χ1n) is 5.81. The fourth-order valence-corrected chi connectivity index (χ4v) is 1.49. The van der Waals surface area contributed by atoms with Gasteiger partial charge in [0.25, 0.3) is 0 Å². The predicted molar refractivity (Wildman–Crippen MR) is 71.4 cm³/mol. The van der Waals surface area contributed by atoms with Crippen LogP contribution in [0.25, 0.3) is 0 Å². The third kappa shape index (κ3) is 3.25. The van der Waals surface area contributed by atoms with Crippen LogP contribution in [0, 0.1) is 11.3 Å². The first-order valence-corrected chi connectivity index (χ1v) is 5.81. The van der Waals surface area contributed by atoms with E-state index in [0.29, 0.717) is 11.4 Å². The molecule has 0 bridgehead atoms. The average molecular weight is 233 g/mol. The molecule has 5 nitrogen and oxygen atoms in total. The molecule has 0 aliphatic carbocycles. The second kappa shape index (κ2) is 6.59. The lowest BCUT2D eigenvalue weighted by molar-refractivity contribution is 0.831. The van der Waals surface area contributed by atoms with E-state index in [0.717, 1.165) is 30.9 Å². The van der Waals surface area contributed by atoms with Crippen LogP contribution in [0.2, 0.25) is 0 Å². The molecule has 0 aromatic carbocycles. The maximum absolute atomic E-state index is 9.16. The molecule has 92 valence electrons. The Bertz CT molecular complexity index is 408. The molecule has 1 heterocycles. The summed E-state index contributed by atoms with van der Waals surface area (Å²) in [6.07, 6.45) is 2.17. The Morgan fingerprint density at radius 2 is 2.12 bits per heavy atom. The first kappa shape index (κ1) is 13.1. The molecule has 0 aliphatic rings. The van der Waals surface area contributed by atoms with Gasteiger partial charge in [0.15, 0.2) is 0 Å². The monoisotopic (exact) mass is 233 g/mol. The summed E-state index contributed by atoms with van der Waals surface area (Å²) in [5.74, 6) is 1.38. The van der Waals surface area contributed by atoms with Gasteiger partial charge in [0.2, 0.25) is 0 Å². The van der Waals surface area contributed by atoms with E-state index in [4.69, 9.17) is 5.26 Å². The summed E-state index contributed by atoms with van der Waals surface area (Å²) in [6, 6.07) is 4.00. The SMILES string of the molecule is CCCCNc1nc(NC)cc(NC)c1C#N. The van der Waals surface area contributed by atoms with Crippen molar-refractivity contribution in [2.24, 2.45) is 0 Å². The molecule has 0 saturated heterocycles. The van der Waals surface area contributed by atoms with Crippen molar-refractivity contribution < 1.29 is 0 Å². The minimum Gasteiger partial charge on any atom is -0.387 e. The van der Waals surface area contributed by atoms with Gasteiger partial charge in [-0.15, -0.1) is 0 Å². The summed E-state index contributed by atoms with van der Waals surface area (Å²) in [5, 5.41) is 18.4. The smallest absolute Gasteiger partial charge is 0.148 e. The summed E-state index contributed by atoms with van der Waals surface area (Å²) < 4.78 is 0. The highest BCUT2D eigenvalue weighted by Crippen LogP contribution is 2.25. The number of nitrogens with zero attached hydrogens (tertiary/aromatic N) is 2. The van der Waals surface area contributed by atoms with E-state index in [1.54, 1.807) is 7.05 Å². The number of unbranched alkanes of at least 4 members (excludes halogenated alkanes) is 1. The topological polar surface area (TPSA) is 72.8 Å². The standard InChI is InChI=1S/C12H19N5/c1-4-5-6-16-12-9(8-13)10(14-2)7-11(15-3)17-12/h7H,4-6H2,1-3H3,(H3,14,15,16,17). The molecule has 0 fully saturated rings. The summed E-state index contributed by atoms with van der Waals surface area (Å²) in [7, 11) is 3.61. The van der Waals surface area contributed by atoms with Crippen molar-refractivity contribution in [3.8, 4) is 6.07 Å². The highest BCUT2D eigenvalue weighted by Gasteiger charge is 2.10. The second-order valence-electron chi connectivity index (χ2n) is 3.67. The van der Waals surface area contributed by atoms with Gasteiger partial charge < -0.3 is 16.0 Å². The number of aromatic nitrogens is 1. The normalized spacial score (nSPS) is 9.53. The van der Waals surface area contributed by atoms with E-state index in [-0.39, 0.29) is 0 Å². The fraction of sp³-hybridized carbons (Fsp3) is 0.500. The minimum absolute atomic E-state index is 0.558. The van der Waals surface area contributed by atoms with Crippen molar-refractivity contribution >= 4 is 17.3 Å². The number of rotatable bonds is 6. The third-order valence-electron chi connectivity index (χ3n) is 2.48. The van der Waals surface area contributed by atoms with Crippen LogP contribution >= 0.6 is 0 Å². The number of nitriles is 1. The van der Waals surface area contributed by atoms with E-state index in [2.05, 4.69) is 33.9 Å². The van der Waals surface area contributed by atoms with Crippen molar-refractivity contribution in [1.29, 1.82) is 5.26 Å². The van der Waals surface area contributed by atoms with Crippen LogP contribution in [0.1, 0.15) is 25.3 Å². The lowest BCUT2D eigenvalue weighted by atomic mass is 10.2. The molecule has 1 aromatic heterocycles. The van der Waals surface area contributed by atoms with E-state index in [9.17, 15) is 0 Å². The summed E-state index contributed by atoms with van der Waals surface area (Å²) in [5.41, 5.74) is 1.34. The zero-order valence-corrected chi connectivity index (χ0v) is 10.6. The lowest BCUT2D eigenvalue weighted by Gasteiger charge is -2.12. The Hall–Kier alpha value is -1.96. The molecule has 0 spiro atoms. The number of pyridine rings is 1. The van der Waals surface area contributed by atoms with E-state index in [1.807, 2.05) is 13.1 Å². The van der Waals surface area contributed by atoms with Gasteiger partial charge >= 0.3 is 0 Å². The van der Waals surface area contributed by atoms with Crippen molar-refractivity contribution in [2.45, 2.75) is 19.8 Å². The Balaban J connectivity index is 3.03. The van der Waals surface area contributed by atoms with Crippen molar-refractivity contribution in [3.63, 3.8) is 0 Å². The van der Waals surface area contributed by atoms with Crippen LogP contribution < -0.4 is 16.0 Å². The Kier molecular flexibility index (Phi) is 5.08. The number of hydrogen-bond acceptors (Lipinski definition) is 5. The third-order valence-corrected chi connectivity index (χ3v) is 2.48. The van der Waals surface area contributed by atoms with Gasteiger partial charge in [-0.1, -0.05) is 13.3 Å². The molecule has 0 unspecified atom stereocenters. The fourth-order valence-electron chi connectivity index (χ4n) is 1.49. The van der Waals surface area contributed by atoms with Gasteiger partial charge in [-0.25, -0.2) is 4.98 Å². The van der Waals surface area contributed by atoms with Gasteiger partial charge in [0.1, 0.15) is 23.3 Å².